The molecule has 0 unspecified atom stereocenters. The molecule has 2 aromatic carbocycles. The SMILES string of the molecule is CN=C(NCc1ccc(C)cc1)NC1CCN(c2cc(OC)cc(OC)c2)CC1. The van der Waals surface area contributed by atoms with Gasteiger partial charge in [-0.1, -0.05) is 29.8 Å². The topological polar surface area (TPSA) is 58.1 Å². The fourth-order valence-corrected chi connectivity index (χ4v) is 3.54. The number of piperidine rings is 1. The first-order valence-corrected chi connectivity index (χ1v) is 10.1. The van der Waals surface area contributed by atoms with Crippen LogP contribution in [0.5, 0.6) is 11.5 Å². The molecule has 29 heavy (non-hydrogen) atoms. The number of guanidine groups is 1. The monoisotopic (exact) mass is 396 g/mol. The van der Waals surface area contributed by atoms with Crippen LogP contribution in [-0.4, -0.2) is 46.4 Å². The third-order valence-corrected chi connectivity index (χ3v) is 5.34. The molecule has 156 valence electrons. The quantitative estimate of drug-likeness (QED) is 0.579. The molecule has 3 rings (SSSR count). The minimum absolute atomic E-state index is 0.406. The predicted molar refractivity (Wildman–Crippen MR) is 119 cm³/mol. The molecule has 1 saturated heterocycles. The Morgan fingerprint density at radius 1 is 1.03 bits per heavy atom. The number of aryl methyl sites for hydroxylation is 1. The smallest absolute Gasteiger partial charge is 0.191 e. The van der Waals surface area contributed by atoms with Gasteiger partial charge in [-0.3, -0.25) is 4.99 Å². The lowest BCUT2D eigenvalue weighted by atomic mass is 10.0. The van der Waals surface area contributed by atoms with Crippen LogP contribution >= 0.6 is 0 Å². The summed E-state index contributed by atoms with van der Waals surface area (Å²) in [6, 6.07) is 15.0. The van der Waals surface area contributed by atoms with E-state index in [0.29, 0.717) is 6.04 Å². The highest BCUT2D eigenvalue weighted by atomic mass is 16.5. The Morgan fingerprint density at radius 2 is 1.66 bits per heavy atom. The van der Waals surface area contributed by atoms with Gasteiger partial charge in [0.25, 0.3) is 0 Å². The van der Waals surface area contributed by atoms with Crippen molar-refractivity contribution in [2.45, 2.75) is 32.4 Å². The second kappa shape index (κ2) is 10.0. The van der Waals surface area contributed by atoms with Crippen molar-refractivity contribution in [1.82, 2.24) is 10.6 Å². The third-order valence-electron chi connectivity index (χ3n) is 5.34. The van der Waals surface area contributed by atoms with Crippen molar-refractivity contribution in [3.8, 4) is 11.5 Å². The van der Waals surface area contributed by atoms with Crippen molar-refractivity contribution in [3.05, 3.63) is 53.6 Å². The zero-order chi connectivity index (χ0) is 20.6. The van der Waals surface area contributed by atoms with Gasteiger partial charge in [-0.2, -0.15) is 0 Å². The van der Waals surface area contributed by atoms with Gasteiger partial charge >= 0.3 is 0 Å². The summed E-state index contributed by atoms with van der Waals surface area (Å²) in [6.45, 7) is 4.82. The maximum Gasteiger partial charge on any atom is 0.191 e. The Hall–Kier alpha value is -2.89. The number of nitrogens with zero attached hydrogens (tertiary/aromatic N) is 2. The summed E-state index contributed by atoms with van der Waals surface area (Å²) in [5.74, 6) is 2.49. The Balaban J connectivity index is 1.51. The van der Waals surface area contributed by atoms with Gasteiger partial charge in [0.2, 0.25) is 0 Å². The molecular formula is C23H32N4O2. The van der Waals surface area contributed by atoms with Gasteiger partial charge in [0.15, 0.2) is 5.96 Å². The highest BCUT2D eigenvalue weighted by Gasteiger charge is 2.21. The Labute approximate surface area is 173 Å². The van der Waals surface area contributed by atoms with E-state index in [0.717, 1.165) is 55.6 Å². The standard InChI is InChI=1S/C23H32N4O2/c1-17-5-7-18(8-6-17)16-25-23(24-2)26-19-9-11-27(12-10-19)20-13-21(28-3)15-22(14-20)29-4/h5-8,13-15,19H,9-12,16H2,1-4H3,(H2,24,25,26). The second-order valence-corrected chi connectivity index (χ2v) is 7.39. The zero-order valence-electron chi connectivity index (χ0n) is 17.9. The third kappa shape index (κ3) is 5.79. The summed E-state index contributed by atoms with van der Waals surface area (Å²) in [4.78, 5) is 6.77. The van der Waals surface area contributed by atoms with Crippen LogP contribution in [0.15, 0.2) is 47.5 Å². The molecule has 0 radical (unpaired) electrons. The van der Waals surface area contributed by atoms with E-state index in [1.54, 1.807) is 14.2 Å². The summed E-state index contributed by atoms with van der Waals surface area (Å²) >= 11 is 0. The second-order valence-electron chi connectivity index (χ2n) is 7.39. The molecule has 0 saturated carbocycles. The molecule has 0 aromatic heterocycles. The first-order valence-electron chi connectivity index (χ1n) is 10.1. The normalized spacial score (nSPS) is 15.2. The Morgan fingerprint density at radius 3 is 2.21 bits per heavy atom. The molecule has 0 amide bonds. The highest BCUT2D eigenvalue weighted by Crippen LogP contribution is 2.30. The van der Waals surface area contributed by atoms with E-state index in [2.05, 4.69) is 63.8 Å². The van der Waals surface area contributed by atoms with Crippen LogP contribution in [0.1, 0.15) is 24.0 Å². The summed E-state index contributed by atoms with van der Waals surface area (Å²) < 4.78 is 10.8. The van der Waals surface area contributed by atoms with Crippen LogP contribution in [0.2, 0.25) is 0 Å². The first-order chi connectivity index (χ1) is 14.1. The molecule has 0 bridgehead atoms. The molecule has 1 heterocycles. The molecule has 0 aliphatic carbocycles. The molecule has 0 atom stereocenters. The van der Waals surface area contributed by atoms with E-state index in [1.807, 2.05) is 13.1 Å². The van der Waals surface area contributed by atoms with E-state index in [1.165, 1.54) is 11.1 Å². The molecule has 6 heteroatoms. The fraction of sp³-hybridized carbons (Fsp3) is 0.435. The molecule has 2 aromatic rings. The number of rotatable bonds is 6. The van der Waals surface area contributed by atoms with Gasteiger partial charge in [0, 0.05) is 56.6 Å². The first kappa shape index (κ1) is 20.8. The molecule has 1 fully saturated rings. The van der Waals surface area contributed by atoms with Crippen LogP contribution < -0.4 is 25.0 Å². The molecule has 0 spiro atoms. The molecule has 1 aliphatic heterocycles. The van der Waals surface area contributed by atoms with Gasteiger partial charge in [-0.05, 0) is 25.3 Å². The summed E-state index contributed by atoms with van der Waals surface area (Å²) in [5.41, 5.74) is 3.67. The minimum atomic E-state index is 0.406. The van der Waals surface area contributed by atoms with Gasteiger partial charge in [-0.25, -0.2) is 0 Å². The van der Waals surface area contributed by atoms with E-state index in [9.17, 15) is 0 Å². The predicted octanol–water partition coefficient (Wildman–Crippen LogP) is 3.35. The van der Waals surface area contributed by atoms with Crippen molar-refractivity contribution in [2.75, 3.05) is 39.3 Å². The van der Waals surface area contributed by atoms with E-state index in [-0.39, 0.29) is 0 Å². The van der Waals surface area contributed by atoms with Crippen molar-refractivity contribution in [3.63, 3.8) is 0 Å². The Bertz CT molecular complexity index is 790. The molecule has 1 aliphatic rings. The summed E-state index contributed by atoms with van der Waals surface area (Å²) in [5, 5.41) is 6.98. The van der Waals surface area contributed by atoms with Crippen LogP contribution in [0.3, 0.4) is 0 Å². The van der Waals surface area contributed by atoms with E-state index < -0.39 is 0 Å². The van der Waals surface area contributed by atoms with Crippen LogP contribution in [0.4, 0.5) is 5.69 Å². The summed E-state index contributed by atoms with van der Waals surface area (Å²) in [7, 11) is 5.19. The van der Waals surface area contributed by atoms with Crippen molar-refractivity contribution < 1.29 is 9.47 Å². The van der Waals surface area contributed by atoms with Crippen molar-refractivity contribution in [2.24, 2.45) is 4.99 Å². The number of nitrogens with one attached hydrogen (secondary N) is 2. The number of benzene rings is 2. The number of ether oxygens (including phenoxy) is 2. The number of hydrogen-bond acceptors (Lipinski definition) is 4. The van der Waals surface area contributed by atoms with Crippen LogP contribution in [0.25, 0.3) is 0 Å². The highest BCUT2D eigenvalue weighted by molar-refractivity contribution is 5.80. The lowest BCUT2D eigenvalue weighted by molar-refractivity contribution is 0.393. The largest absolute Gasteiger partial charge is 0.497 e. The van der Waals surface area contributed by atoms with E-state index >= 15 is 0 Å². The van der Waals surface area contributed by atoms with Crippen molar-refractivity contribution in [1.29, 1.82) is 0 Å². The average molecular weight is 397 g/mol. The maximum atomic E-state index is 5.40. The zero-order valence-corrected chi connectivity index (χ0v) is 17.9. The average Bonchev–Trinajstić information content (AvgIpc) is 2.77. The van der Waals surface area contributed by atoms with Crippen LogP contribution in [-0.2, 0) is 6.54 Å². The van der Waals surface area contributed by atoms with Crippen molar-refractivity contribution >= 4 is 11.6 Å². The number of anilines is 1. The molecule has 2 N–H and O–H groups in total. The number of hydrogen-bond donors (Lipinski definition) is 2. The maximum absolute atomic E-state index is 5.40. The van der Waals surface area contributed by atoms with E-state index in [4.69, 9.17) is 9.47 Å². The van der Waals surface area contributed by atoms with Gasteiger partial charge in [-0.15, -0.1) is 0 Å². The van der Waals surface area contributed by atoms with Crippen LogP contribution in [0, 0.1) is 6.92 Å². The minimum Gasteiger partial charge on any atom is -0.497 e. The van der Waals surface area contributed by atoms with Gasteiger partial charge in [0.05, 0.1) is 14.2 Å². The number of aliphatic imine (C=N–C) groups is 1. The molecular weight excluding hydrogens is 364 g/mol. The summed E-state index contributed by atoms with van der Waals surface area (Å²) in [6.07, 6.45) is 2.09. The lowest BCUT2D eigenvalue weighted by Gasteiger charge is -2.34. The number of methoxy groups -OCH3 is 2. The van der Waals surface area contributed by atoms with Gasteiger partial charge < -0.3 is 25.0 Å². The van der Waals surface area contributed by atoms with Gasteiger partial charge in [0.1, 0.15) is 11.5 Å². The fourth-order valence-electron chi connectivity index (χ4n) is 3.54. The molecule has 6 nitrogen and oxygen atoms in total. The Kier molecular flexibility index (Phi) is 7.22. The lowest BCUT2D eigenvalue weighted by Crippen LogP contribution is -2.48.